The number of rotatable bonds is 8. The third-order valence-corrected chi connectivity index (χ3v) is 4.21. The SMILES string of the molecule is CCOc1ccc(N[C@@H](C(=O)Nc2cccc(OC)c2)c2ccccc2)cc1. The van der Waals surface area contributed by atoms with Gasteiger partial charge in [-0.1, -0.05) is 36.4 Å². The molecule has 1 atom stereocenters. The number of carbonyl (C=O) groups excluding carboxylic acids is 1. The number of ether oxygens (including phenoxy) is 2. The lowest BCUT2D eigenvalue weighted by Crippen LogP contribution is -2.27. The zero-order valence-electron chi connectivity index (χ0n) is 16.0. The molecule has 1 amide bonds. The maximum absolute atomic E-state index is 13.0. The number of carbonyl (C=O) groups is 1. The molecular weight excluding hydrogens is 352 g/mol. The van der Waals surface area contributed by atoms with Crippen molar-refractivity contribution in [2.45, 2.75) is 13.0 Å². The van der Waals surface area contributed by atoms with Crippen molar-refractivity contribution in [3.05, 3.63) is 84.4 Å². The molecule has 5 heteroatoms. The van der Waals surface area contributed by atoms with Crippen LogP contribution in [0.3, 0.4) is 0 Å². The number of hydrogen-bond donors (Lipinski definition) is 2. The van der Waals surface area contributed by atoms with Gasteiger partial charge in [0.05, 0.1) is 13.7 Å². The Labute approximate surface area is 165 Å². The Hall–Kier alpha value is -3.47. The first kappa shape index (κ1) is 19.3. The van der Waals surface area contributed by atoms with Gasteiger partial charge in [-0.3, -0.25) is 4.79 Å². The normalized spacial score (nSPS) is 11.4. The highest BCUT2D eigenvalue weighted by Crippen LogP contribution is 2.24. The second-order valence-corrected chi connectivity index (χ2v) is 6.17. The van der Waals surface area contributed by atoms with Crippen molar-refractivity contribution in [2.24, 2.45) is 0 Å². The molecule has 0 saturated heterocycles. The Morgan fingerprint density at radius 2 is 1.64 bits per heavy atom. The molecule has 0 spiro atoms. The average Bonchev–Trinajstić information content (AvgIpc) is 2.74. The zero-order valence-corrected chi connectivity index (χ0v) is 16.0. The van der Waals surface area contributed by atoms with Crippen molar-refractivity contribution in [2.75, 3.05) is 24.4 Å². The minimum absolute atomic E-state index is 0.159. The van der Waals surface area contributed by atoms with E-state index in [-0.39, 0.29) is 5.91 Å². The first-order valence-electron chi connectivity index (χ1n) is 9.19. The molecule has 0 bridgehead atoms. The van der Waals surface area contributed by atoms with Gasteiger partial charge in [0.2, 0.25) is 0 Å². The smallest absolute Gasteiger partial charge is 0.251 e. The van der Waals surface area contributed by atoms with E-state index < -0.39 is 6.04 Å². The Bertz CT molecular complexity index is 895. The molecule has 0 radical (unpaired) electrons. The first-order valence-corrected chi connectivity index (χ1v) is 9.19. The summed E-state index contributed by atoms with van der Waals surface area (Å²) < 4.78 is 10.7. The summed E-state index contributed by atoms with van der Waals surface area (Å²) in [4.78, 5) is 13.0. The Morgan fingerprint density at radius 1 is 0.893 bits per heavy atom. The molecule has 0 heterocycles. The highest BCUT2D eigenvalue weighted by Gasteiger charge is 2.20. The molecule has 0 saturated carbocycles. The monoisotopic (exact) mass is 376 g/mol. The second kappa shape index (κ2) is 9.46. The molecule has 0 aliphatic heterocycles. The highest BCUT2D eigenvalue weighted by atomic mass is 16.5. The van der Waals surface area contributed by atoms with Crippen molar-refractivity contribution in [1.29, 1.82) is 0 Å². The van der Waals surface area contributed by atoms with E-state index >= 15 is 0 Å². The van der Waals surface area contributed by atoms with Crippen LogP contribution in [0.5, 0.6) is 11.5 Å². The number of hydrogen-bond acceptors (Lipinski definition) is 4. The minimum Gasteiger partial charge on any atom is -0.497 e. The molecule has 0 aromatic heterocycles. The van der Waals surface area contributed by atoms with Gasteiger partial charge in [-0.05, 0) is 48.9 Å². The lowest BCUT2D eigenvalue weighted by Gasteiger charge is -2.20. The van der Waals surface area contributed by atoms with E-state index in [0.29, 0.717) is 18.0 Å². The van der Waals surface area contributed by atoms with Gasteiger partial charge in [0.15, 0.2) is 0 Å². The maximum Gasteiger partial charge on any atom is 0.251 e. The lowest BCUT2D eigenvalue weighted by atomic mass is 10.1. The number of benzene rings is 3. The summed E-state index contributed by atoms with van der Waals surface area (Å²) in [7, 11) is 1.60. The largest absolute Gasteiger partial charge is 0.497 e. The van der Waals surface area contributed by atoms with E-state index in [2.05, 4.69) is 10.6 Å². The number of nitrogens with one attached hydrogen (secondary N) is 2. The van der Waals surface area contributed by atoms with Crippen LogP contribution in [0.4, 0.5) is 11.4 Å². The van der Waals surface area contributed by atoms with Crippen LogP contribution >= 0.6 is 0 Å². The number of methoxy groups -OCH3 is 1. The van der Waals surface area contributed by atoms with Crippen LogP contribution in [0.2, 0.25) is 0 Å². The minimum atomic E-state index is -0.551. The van der Waals surface area contributed by atoms with Crippen molar-refractivity contribution in [3.8, 4) is 11.5 Å². The summed E-state index contributed by atoms with van der Waals surface area (Å²) in [5.41, 5.74) is 2.38. The van der Waals surface area contributed by atoms with Gasteiger partial charge in [-0.15, -0.1) is 0 Å². The van der Waals surface area contributed by atoms with E-state index in [1.54, 1.807) is 13.2 Å². The summed E-state index contributed by atoms with van der Waals surface area (Å²) in [5.74, 6) is 1.33. The molecule has 3 aromatic carbocycles. The van der Waals surface area contributed by atoms with Crippen LogP contribution in [0.25, 0.3) is 0 Å². The number of anilines is 2. The van der Waals surface area contributed by atoms with Crippen LogP contribution in [0.1, 0.15) is 18.5 Å². The Kier molecular flexibility index (Phi) is 6.52. The number of amides is 1. The predicted molar refractivity (Wildman–Crippen MR) is 112 cm³/mol. The van der Waals surface area contributed by atoms with Crippen molar-refractivity contribution >= 4 is 17.3 Å². The van der Waals surface area contributed by atoms with Crippen LogP contribution in [0.15, 0.2) is 78.9 Å². The summed E-state index contributed by atoms with van der Waals surface area (Å²) in [6.07, 6.45) is 0. The molecule has 3 aromatic rings. The van der Waals surface area contributed by atoms with Gasteiger partial charge < -0.3 is 20.1 Å². The Morgan fingerprint density at radius 3 is 2.32 bits per heavy atom. The van der Waals surface area contributed by atoms with Gasteiger partial charge in [0.25, 0.3) is 5.91 Å². The third kappa shape index (κ3) is 5.04. The van der Waals surface area contributed by atoms with E-state index in [4.69, 9.17) is 9.47 Å². The van der Waals surface area contributed by atoms with E-state index in [1.807, 2.05) is 79.7 Å². The molecule has 2 N–H and O–H groups in total. The lowest BCUT2D eigenvalue weighted by molar-refractivity contribution is -0.117. The van der Waals surface area contributed by atoms with Crippen LogP contribution in [-0.4, -0.2) is 19.6 Å². The third-order valence-electron chi connectivity index (χ3n) is 4.21. The van der Waals surface area contributed by atoms with Crippen molar-refractivity contribution in [1.82, 2.24) is 0 Å². The van der Waals surface area contributed by atoms with Gasteiger partial charge in [-0.25, -0.2) is 0 Å². The first-order chi connectivity index (χ1) is 13.7. The van der Waals surface area contributed by atoms with Gasteiger partial charge in [0, 0.05) is 17.4 Å². The highest BCUT2D eigenvalue weighted by molar-refractivity contribution is 5.97. The van der Waals surface area contributed by atoms with Crippen molar-refractivity contribution in [3.63, 3.8) is 0 Å². The summed E-state index contributed by atoms with van der Waals surface area (Å²) >= 11 is 0. The van der Waals surface area contributed by atoms with E-state index in [1.165, 1.54) is 0 Å². The quantitative estimate of drug-likeness (QED) is 0.588. The summed E-state index contributed by atoms with van der Waals surface area (Å²) in [6.45, 7) is 2.56. The molecule has 28 heavy (non-hydrogen) atoms. The van der Waals surface area contributed by atoms with Crippen LogP contribution in [-0.2, 0) is 4.79 Å². The fourth-order valence-corrected chi connectivity index (χ4v) is 2.84. The topological polar surface area (TPSA) is 59.6 Å². The zero-order chi connectivity index (χ0) is 19.8. The molecule has 3 rings (SSSR count). The summed E-state index contributed by atoms with van der Waals surface area (Å²) in [5, 5.41) is 6.28. The van der Waals surface area contributed by atoms with Crippen LogP contribution < -0.4 is 20.1 Å². The predicted octanol–water partition coefficient (Wildman–Crippen LogP) is 4.89. The average molecular weight is 376 g/mol. The fraction of sp³-hybridized carbons (Fsp3) is 0.174. The molecule has 5 nitrogen and oxygen atoms in total. The molecule has 0 aliphatic rings. The Balaban J connectivity index is 1.81. The fourth-order valence-electron chi connectivity index (χ4n) is 2.84. The molecule has 144 valence electrons. The standard InChI is InChI=1S/C23H24N2O3/c1-3-28-20-14-12-18(13-15-20)24-22(17-8-5-4-6-9-17)23(26)25-19-10-7-11-21(16-19)27-2/h4-16,22,24H,3H2,1-2H3,(H,25,26)/t22-/m1/s1. The van der Waals surface area contributed by atoms with Crippen molar-refractivity contribution < 1.29 is 14.3 Å². The van der Waals surface area contributed by atoms with E-state index in [9.17, 15) is 4.79 Å². The summed E-state index contributed by atoms with van der Waals surface area (Å²) in [6, 6.07) is 23.9. The molecule has 0 fully saturated rings. The molecular formula is C23H24N2O3. The second-order valence-electron chi connectivity index (χ2n) is 6.17. The van der Waals surface area contributed by atoms with Gasteiger partial charge >= 0.3 is 0 Å². The maximum atomic E-state index is 13.0. The molecule has 0 unspecified atom stereocenters. The van der Waals surface area contributed by atoms with Gasteiger partial charge in [0.1, 0.15) is 17.5 Å². The molecule has 0 aliphatic carbocycles. The van der Waals surface area contributed by atoms with Crippen LogP contribution in [0, 0.1) is 0 Å². The van der Waals surface area contributed by atoms with E-state index in [0.717, 1.165) is 17.0 Å². The van der Waals surface area contributed by atoms with Gasteiger partial charge in [-0.2, -0.15) is 0 Å².